The van der Waals surface area contributed by atoms with Crippen LogP contribution in [0.2, 0.25) is 0 Å². The van der Waals surface area contributed by atoms with Gasteiger partial charge in [-0.15, -0.1) is 0 Å². The van der Waals surface area contributed by atoms with E-state index >= 15 is 0 Å². The van der Waals surface area contributed by atoms with Crippen LogP contribution in [0.4, 0.5) is 0 Å². The van der Waals surface area contributed by atoms with Crippen LogP contribution in [0.25, 0.3) is 16.8 Å². The topological polar surface area (TPSA) is 52.0 Å². The summed E-state index contributed by atoms with van der Waals surface area (Å²) in [5, 5.41) is 4.14. The smallest absolute Gasteiger partial charge is 0.280 e. The molecule has 4 heteroatoms. The number of carbonyl (C=O) groups excluding carboxylic acids is 1. The van der Waals surface area contributed by atoms with Gasteiger partial charge in [-0.25, -0.2) is 0 Å². The van der Waals surface area contributed by atoms with E-state index in [4.69, 9.17) is 0 Å². The summed E-state index contributed by atoms with van der Waals surface area (Å²) < 4.78 is 1.31. The van der Waals surface area contributed by atoms with Crippen LogP contribution in [0, 0.1) is 0 Å². The van der Waals surface area contributed by atoms with Crippen LogP contribution in [0.3, 0.4) is 0 Å². The van der Waals surface area contributed by atoms with E-state index in [1.807, 2.05) is 48.5 Å². The molecule has 0 amide bonds. The van der Waals surface area contributed by atoms with Gasteiger partial charge in [-0.2, -0.15) is 9.78 Å². The highest BCUT2D eigenvalue weighted by atomic mass is 16.1. The van der Waals surface area contributed by atoms with Gasteiger partial charge in [0.05, 0.1) is 23.0 Å². The zero-order valence-corrected chi connectivity index (χ0v) is 12.1. The normalized spacial score (nSPS) is 10.4. The fourth-order valence-corrected chi connectivity index (χ4v) is 2.36. The molecule has 0 aliphatic rings. The summed E-state index contributed by atoms with van der Waals surface area (Å²) in [5.41, 5.74) is 1.80. The minimum absolute atomic E-state index is 0.177. The van der Waals surface area contributed by atoms with E-state index in [-0.39, 0.29) is 11.3 Å². The van der Waals surface area contributed by atoms with Crippen molar-refractivity contribution in [1.82, 2.24) is 9.78 Å². The summed E-state index contributed by atoms with van der Waals surface area (Å²) in [7, 11) is 0. The number of benzene rings is 2. The monoisotopic (exact) mass is 290 g/mol. The second kappa shape index (κ2) is 5.77. The van der Waals surface area contributed by atoms with Crippen LogP contribution in [-0.2, 0) is 0 Å². The Labute approximate surface area is 127 Å². The lowest BCUT2D eigenvalue weighted by Crippen LogP contribution is -2.25. The Morgan fingerprint density at radius 1 is 0.955 bits per heavy atom. The molecule has 0 bridgehead atoms. The van der Waals surface area contributed by atoms with E-state index in [1.54, 1.807) is 12.1 Å². The molecular formula is C18H14N2O2. The standard InChI is InChI=1S/C18H14N2O2/c1-13(21)16-12-19-20(15-10-6-3-7-11-15)18(22)17(16)14-8-4-2-5-9-14/h2-12H,1H3. The van der Waals surface area contributed by atoms with Gasteiger partial charge >= 0.3 is 0 Å². The number of aromatic nitrogens is 2. The van der Waals surface area contributed by atoms with Gasteiger partial charge in [-0.05, 0) is 24.6 Å². The molecule has 4 nitrogen and oxygen atoms in total. The maximum Gasteiger partial charge on any atom is 0.280 e. The molecule has 1 aromatic heterocycles. The zero-order valence-electron chi connectivity index (χ0n) is 12.1. The van der Waals surface area contributed by atoms with Crippen molar-refractivity contribution in [1.29, 1.82) is 0 Å². The minimum atomic E-state index is -0.301. The second-order valence-corrected chi connectivity index (χ2v) is 4.91. The van der Waals surface area contributed by atoms with Crippen molar-refractivity contribution in [2.24, 2.45) is 0 Å². The molecule has 0 radical (unpaired) electrons. The number of carbonyl (C=O) groups is 1. The number of ketones is 1. The molecule has 22 heavy (non-hydrogen) atoms. The van der Waals surface area contributed by atoms with E-state index in [0.717, 1.165) is 0 Å². The van der Waals surface area contributed by atoms with Crippen LogP contribution in [0.15, 0.2) is 71.7 Å². The average molecular weight is 290 g/mol. The Bertz CT molecular complexity index is 869. The Morgan fingerprint density at radius 2 is 1.55 bits per heavy atom. The molecular weight excluding hydrogens is 276 g/mol. The van der Waals surface area contributed by atoms with Crippen molar-refractivity contribution >= 4 is 5.78 Å². The summed E-state index contributed by atoms with van der Waals surface area (Å²) in [6.45, 7) is 1.44. The van der Waals surface area contributed by atoms with E-state index in [9.17, 15) is 9.59 Å². The fourth-order valence-electron chi connectivity index (χ4n) is 2.36. The SMILES string of the molecule is CC(=O)c1cnn(-c2ccccc2)c(=O)c1-c1ccccc1. The van der Waals surface area contributed by atoms with E-state index in [0.29, 0.717) is 22.4 Å². The Kier molecular flexibility index (Phi) is 3.66. The molecule has 0 N–H and O–H groups in total. The molecule has 0 aliphatic carbocycles. The number of nitrogens with zero attached hydrogens (tertiary/aromatic N) is 2. The minimum Gasteiger partial charge on any atom is -0.294 e. The molecule has 0 fully saturated rings. The van der Waals surface area contributed by atoms with E-state index in [2.05, 4.69) is 5.10 Å². The van der Waals surface area contributed by atoms with Gasteiger partial charge < -0.3 is 0 Å². The number of hydrogen-bond acceptors (Lipinski definition) is 3. The quantitative estimate of drug-likeness (QED) is 0.696. The molecule has 3 rings (SSSR count). The largest absolute Gasteiger partial charge is 0.294 e. The highest BCUT2D eigenvalue weighted by Gasteiger charge is 2.16. The van der Waals surface area contributed by atoms with Gasteiger partial charge in [-0.3, -0.25) is 9.59 Å². The average Bonchev–Trinajstić information content (AvgIpc) is 2.56. The van der Waals surface area contributed by atoms with E-state index in [1.165, 1.54) is 17.8 Å². The lowest BCUT2D eigenvalue weighted by atomic mass is 10.0. The predicted molar refractivity (Wildman–Crippen MR) is 85.3 cm³/mol. The second-order valence-electron chi connectivity index (χ2n) is 4.91. The van der Waals surface area contributed by atoms with Gasteiger partial charge in [0.15, 0.2) is 5.78 Å². The van der Waals surface area contributed by atoms with Gasteiger partial charge in [0.1, 0.15) is 0 Å². The lowest BCUT2D eigenvalue weighted by molar-refractivity contribution is 0.101. The Balaban J connectivity index is 2.31. The molecule has 0 atom stereocenters. The van der Waals surface area contributed by atoms with Crippen LogP contribution in [0.1, 0.15) is 17.3 Å². The molecule has 108 valence electrons. The molecule has 0 saturated heterocycles. The van der Waals surface area contributed by atoms with Crippen molar-refractivity contribution in [3.63, 3.8) is 0 Å². The zero-order chi connectivity index (χ0) is 15.5. The number of hydrogen-bond donors (Lipinski definition) is 0. The lowest BCUT2D eigenvalue weighted by Gasteiger charge is -2.10. The summed E-state index contributed by atoms with van der Waals surface area (Å²) in [6, 6.07) is 18.3. The van der Waals surface area contributed by atoms with Gasteiger partial charge in [0.25, 0.3) is 5.56 Å². The van der Waals surface area contributed by atoms with Crippen molar-refractivity contribution in [3.8, 4) is 16.8 Å². The van der Waals surface area contributed by atoms with Crippen LogP contribution in [0.5, 0.6) is 0 Å². The van der Waals surface area contributed by atoms with Crippen molar-refractivity contribution in [3.05, 3.63) is 82.8 Å². The third-order valence-corrected chi connectivity index (χ3v) is 3.42. The molecule has 0 spiro atoms. The Hall–Kier alpha value is -3.01. The first-order valence-corrected chi connectivity index (χ1v) is 6.92. The van der Waals surface area contributed by atoms with Gasteiger partial charge in [-0.1, -0.05) is 48.5 Å². The number of para-hydroxylation sites is 1. The van der Waals surface area contributed by atoms with Crippen molar-refractivity contribution in [2.75, 3.05) is 0 Å². The van der Waals surface area contributed by atoms with Crippen LogP contribution < -0.4 is 5.56 Å². The summed E-state index contributed by atoms with van der Waals surface area (Å²) >= 11 is 0. The van der Waals surface area contributed by atoms with Crippen LogP contribution >= 0.6 is 0 Å². The summed E-state index contributed by atoms with van der Waals surface area (Å²) in [5.74, 6) is -0.177. The maximum absolute atomic E-state index is 12.8. The third-order valence-electron chi connectivity index (χ3n) is 3.42. The van der Waals surface area contributed by atoms with Gasteiger partial charge in [0, 0.05) is 0 Å². The van der Waals surface area contributed by atoms with Gasteiger partial charge in [0.2, 0.25) is 0 Å². The Morgan fingerprint density at radius 3 is 2.14 bits per heavy atom. The van der Waals surface area contributed by atoms with Crippen LogP contribution in [-0.4, -0.2) is 15.6 Å². The molecule has 0 unspecified atom stereocenters. The molecule has 0 saturated carbocycles. The number of Topliss-reactive ketones (excluding diaryl/α,β-unsaturated/α-hetero) is 1. The first-order valence-electron chi connectivity index (χ1n) is 6.92. The maximum atomic E-state index is 12.8. The first kappa shape index (κ1) is 13.9. The molecule has 1 heterocycles. The fraction of sp³-hybridized carbons (Fsp3) is 0.0556. The highest BCUT2D eigenvalue weighted by molar-refractivity contribution is 6.00. The summed E-state index contributed by atoms with van der Waals surface area (Å²) in [4.78, 5) is 24.7. The van der Waals surface area contributed by atoms with E-state index < -0.39 is 0 Å². The van der Waals surface area contributed by atoms with Crippen molar-refractivity contribution < 1.29 is 4.79 Å². The molecule has 2 aromatic carbocycles. The highest BCUT2D eigenvalue weighted by Crippen LogP contribution is 2.20. The summed E-state index contributed by atoms with van der Waals surface area (Å²) in [6.07, 6.45) is 1.46. The number of rotatable bonds is 3. The van der Waals surface area contributed by atoms with Crippen molar-refractivity contribution in [2.45, 2.75) is 6.92 Å². The predicted octanol–water partition coefficient (Wildman–Crippen LogP) is 3.10. The third kappa shape index (κ3) is 2.46. The molecule has 3 aromatic rings. The first-order chi connectivity index (χ1) is 10.7. The molecule has 0 aliphatic heterocycles.